The van der Waals surface area contributed by atoms with Crippen molar-refractivity contribution in [1.29, 1.82) is 0 Å². The molecule has 3 nitrogen and oxygen atoms in total. The van der Waals surface area contributed by atoms with Crippen molar-refractivity contribution in [2.45, 2.75) is 6.18 Å². The molecule has 2 aromatic rings. The first kappa shape index (κ1) is 12.6. The lowest BCUT2D eigenvalue weighted by Gasteiger charge is -2.10. The molecule has 18 heavy (non-hydrogen) atoms. The third kappa shape index (κ3) is 2.38. The number of benzene rings is 1. The molecule has 0 spiro atoms. The lowest BCUT2D eigenvalue weighted by molar-refractivity contribution is -0.137. The van der Waals surface area contributed by atoms with Gasteiger partial charge in [0.25, 0.3) is 0 Å². The first-order valence-electron chi connectivity index (χ1n) is 4.79. The molecule has 0 aliphatic carbocycles. The van der Waals surface area contributed by atoms with Crippen molar-refractivity contribution in [2.75, 3.05) is 0 Å². The van der Waals surface area contributed by atoms with Gasteiger partial charge in [-0.2, -0.15) is 18.3 Å². The zero-order chi connectivity index (χ0) is 13.3. The summed E-state index contributed by atoms with van der Waals surface area (Å²) in [5.41, 5.74) is -0.506. The number of aldehydes is 1. The van der Waals surface area contributed by atoms with Gasteiger partial charge in [-0.1, -0.05) is 11.6 Å². The molecule has 0 saturated carbocycles. The van der Waals surface area contributed by atoms with E-state index in [2.05, 4.69) is 5.10 Å². The van der Waals surface area contributed by atoms with Gasteiger partial charge in [0.15, 0.2) is 6.29 Å². The Morgan fingerprint density at radius 2 is 2.06 bits per heavy atom. The molecule has 0 N–H and O–H groups in total. The summed E-state index contributed by atoms with van der Waals surface area (Å²) >= 11 is 5.82. The Balaban J connectivity index is 2.52. The molecular weight excluding hydrogens is 269 g/mol. The molecule has 0 atom stereocenters. The number of nitrogens with zero attached hydrogens (tertiary/aromatic N) is 2. The molecule has 0 amide bonds. The van der Waals surface area contributed by atoms with Crippen molar-refractivity contribution < 1.29 is 18.0 Å². The third-order valence-corrected chi connectivity index (χ3v) is 2.58. The van der Waals surface area contributed by atoms with E-state index in [0.29, 0.717) is 6.29 Å². The number of halogens is 4. The van der Waals surface area contributed by atoms with Gasteiger partial charge in [0.2, 0.25) is 0 Å². The summed E-state index contributed by atoms with van der Waals surface area (Å²) in [6.45, 7) is 0. The predicted octanol–water partition coefficient (Wildman–Crippen LogP) is 3.36. The molecule has 0 fully saturated rings. The Labute approximate surface area is 105 Å². The van der Waals surface area contributed by atoms with Crippen molar-refractivity contribution in [3.05, 3.63) is 46.7 Å². The van der Waals surface area contributed by atoms with Crippen LogP contribution in [0, 0.1) is 0 Å². The van der Waals surface area contributed by atoms with E-state index in [4.69, 9.17) is 11.6 Å². The minimum Gasteiger partial charge on any atom is -0.298 e. The maximum Gasteiger partial charge on any atom is 0.416 e. The molecule has 7 heteroatoms. The van der Waals surface area contributed by atoms with Gasteiger partial charge in [-0.25, -0.2) is 4.68 Å². The average Bonchev–Trinajstić information content (AvgIpc) is 2.76. The van der Waals surface area contributed by atoms with E-state index >= 15 is 0 Å². The first-order chi connectivity index (χ1) is 8.41. The minimum absolute atomic E-state index is 0.0691. The van der Waals surface area contributed by atoms with Crippen molar-refractivity contribution in [3.8, 4) is 5.69 Å². The Morgan fingerprint density at radius 3 is 2.61 bits per heavy atom. The van der Waals surface area contributed by atoms with Crippen LogP contribution in [0.3, 0.4) is 0 Å². The molecule has 1 aromatic heterocycles. The zero-order valence-corrected chi connectivity index (χ0v) is 9.53. The van der Waals surface area contributed by atoms with Crippen LogP contribution >= 0.6 is 11.6 Å². The van der Waals surface area contributed by atoms with Crippen molar-refractivity contribution in [2.24, 2.45) is 0 Å². The second-order valence-corrected chi connectivity index (χ2v) is 3.91. The van der Waals surface area contributed by atoms with Gasteiger partial charge in [0.05, 0.1) is 28.0 Å². The number of carbonyl (C=O) groups is 1. The van der Waals surface area contributed by atoms with E-state index < -0.39 is 11.7 Å². The smallest absolute Gasteiger partial charge is 0.298 e. The number of carbonyl (C=O) groups excluding carboxylic acids is 1. The van der Waals surface area contributed by atoms with E-state index in [-0.39, 0.29) is 16.3 Å². The summed E-state index contributed by atoms with van der Waals surface area (Å²) in [6, 6.07) is 2.90. The number of hydrogen-bond donors (Lipinski definition) is 0. The van der Waals surface area contributed by atoms with Crippen molar-refractivity contribution in [3.63, 3.8) is 0 Å². The van der Waals surface area contributed by atoms with Gasteiger partial charge in [-0.3, -0.25) is 4.79 Å². The number of rotatable bonds is 2. The standard InChI is InChI=1S/C11H6ClF3N2O/c12-9-2-1-8(11(13,14)15)3-10(9)17-5-7(6-18)4-16-17/h1-6H. The molecule has 0 unspecified atom stereocenters. The van der Waals surface area contributed by atoms with E-state index in [1.807, 2.05) is 0 Å². The van der Waals surface area contributed by atoms with Crippen LogP contribution < -0.4 is 0 Å². The highest BCUT2D eigenvalue weighted by Crippen LogP contribution is 2.32. The Hall–Kier alpha value is -1.82. The van der Waals surface area contributed by atoms with Crippen LogP contribution in [0.4, 0.5) is 13.2 Å². The largest absolute Gasteiger partial charge is 0.416 e. The summed E-state index contributed by atoms with van der Waals surface area (Å²) < 4.78 is 38.8. The fraction of sp³-hybridized carbons (Fsp3) is 0.0909. The number of alkyl halides is 3. The molecular formula is C11H6ClF3N2O. The van der Waals surface area contributed by atoms with Gasteiger partial charge in [-0.05, 0) is 18.2 Å². The van der Waals surface area contributed by atoms with Crippen LogP contribution in [0.5, 0.6) is 0 Å². The van der Waals surface area contributed by atoms with Crippen LogP contribution in [0.15, 0.2) is 30.6 Å². The van der Waals surface area contributed by atoms with Crippen molar-refractivity contribution >= 4 is 17.9 Å². The van der Waals surface area contributed by atoms with E-state index in [1.54, 1.807) is 0 Å². The molecule has 0 aliphatic rings. The monoisotopic (exact) mass is 274 g/mol. The number of hydrogen-bond acceptors (Lipinski definition) is 2. The molecule has 0 radical (unpaired) electrons. The van der Waals surface area contributed by atoms with Gasteiger partial charge in [-0.15, -0.1) is 0 Å². The highest BCUT2D eigenvalue weighted by Gasteiger charge is 2.31. The van der Waals surface area contributed by atoms with E-state index in [0.717, 1.165) is 22.9 Å². The topological polar surface area (TPSA) is 34.9 Å². The second-order valence-electron chi connectivity index (χ2n) is 3.50. The minimum atomic E-state index is -4.46. The SMILES string of the molecule is O=Cc1cnn(-c2cc(C(F)(F)F)ccc2Cl)c1. The summed E-state index contributed by atoms with van der Waals surface area (Å²) in [5, 5.41) is 3.89. The highest BCUT2D eigenvalue weighted by molar-refractivity contribution is 6.32. The Bertz CT molecular complexity index is 592. The van der Waals surface area contributed by atoms with Gasteiger partial charge >= 0.3 is 6.18 Å². The third-order valence-electron chi connectivity index (χ3n) is 2.26. The maximum absolute atomic E-state index is 12.6. The molecule has 1 heterocycles. The molecule has 94 valence electrons. The van der Waals surface area contributed by atoms with Gasteiger partial charge in [0.1, 0.15) is 0 Å². The number of aromatic nitrogens is 2. The normalized spacial score (nSPS) is 11.6. The van der Waals surface area contributed by atoms with Gasteiger partial charge < -0.3 is 0 Å². The van der Waals surface area contributed by atoms with E-state index in [1.165, 1.54) is 12.4 Å². The van der Waals surface area contributed by atoms with Crippen LogP contribution in [0.1, 0.15) is 15.9 Å². The van der Waals surface area contributed by atoms with Crippen LogP contribution in [0.25, 0.3) is 5.69 Å². The lowest BCUT2D eigenvalue weighted by Crippen LogP contribution is -2.06. The molecule has 2 rings (SSSR count). The lowest BCUT2D eigenvalue weighted by atomic mass is 10.2. The predicted molar refractivity (Wildman–Crippen MR) is 59.0 cm³/mol. The highest BCUT2D eigenvalue weighted by atomic mass is 35.5. The zero-order valence-electron chi connectivity index (χ0n) is 8.78. The molecule has 0 aliphatic heterocycles. The average molecular weight is 275 g/mol. The Kier molecular flexibility index (Phi) is 3.13. The summed E-state index contributed by atoms with van der Waals surface area (Å²) in [4.78, 5) is 10.5. The summed E-state index contributed by atoms with van der Waals surface area (Å²) in [7, 11) is 0. The fourth-order valence-electron chi connectivity index (χ4n) is 1.39. The molecule has 0 bridgehead atoms. The van der Waals surface area contributed by atoms with Crippen LogP contribution in [-0.2, 0) is 6.18 Å². The first-order valence-corrected chi connectivity index (χ1v) is 5.16. The van der Waals surface area contributed by atoms with Gasteiger partial charge in [0, 0.05) is 6.20 Å². The quantitative estimate of drug-likeness (QED) is 0.787. The van der Waals surface area contributed by atoms with E-state index in [9.17, 15) is 18.0 Å². The molecule has 1 aromatic carbocycles. The summed E-state index contributed by atoms with van der Waals surface area (Å²) in [5.74, 6) is 0. The second kappa shape index (κ2) is 4.45. The maximum atomic E-state index is 12.6. The Morgan fingerprint density at radius 1 is 1.33 bits per heavy atom. The summed E-state index contributed by atoms with van der Waals surface area (Å²) in [6.07, 6.45) is -1.37. The van der Waals surface area contributed by atoms with Crippen LogP contribution in [0.2, 0.25) is 5.02 Å². The molecule has 0 saturated heterocycles. The van der Waals surface area contributed by atoms with Crippen molar-refractivity contribution in [1.82, 2.24) is 9.78 Å². The fourth-order valence-corrected chi connectivity index (χ4v) is 1.60. The van der Waals surface area contributed by atoms with Crippen LogP contribution in [-0.4, -0.2) is 16.1 Å².